The Hall–Kier alpha value is -2.14. The van der Waals surface area contributed by atoms with Crippen molar-refractivity contribution in [2.24, 2.45) is 0 Å². The zero-order chi connectivity index (χ0) is 15.1. The highest BCUT2D eigenvalue weighted by Crippen LogP contribution is 2.23. The third kappa shape index (κ3) is 5.39. The Bertz CT molecular complexity index is 535. The van der Waals surface area contributed by atoms with Gasteiger partial charge in [-0.3, -0.25) is 4.79 Å². The summed E-state index contributed by atoms with van der Waals surface area (Å²) in [5.74, 6) is 0. The van der Waals surface area contributed by atoms with E-state index in [1.165, 1.54) is 0 Å². The number of amides is 1. The average Bonchev–Trinajstić information content (AvgIpc) is 3.29. The minimum atomic E-state index is -0.412. The maximum absolute atomic E-state index is 11.5. The van der Waals surface area contributed by atoms with Gasteiger partial charge in [-0.25, -0.2) is 4.79 Å². The average molecular weight is 289 g/mol. The number of rotatable bonds is 7. The number of aldehydes is 1. The van der Waals surface area contributed by atoms with Crippen LogP contribution in [0.5, 0.6) is 0 Å². The van der Waals surface area contributed by atoms with Gasteiger partial charge in [-0.1, -0.05) is 12.2 Å². The van der Waals surface area contributed by atoms with Crippen LogP contribution in [0, 0.1) is 0 Å². The molecule has 112 valence electrons. The Morgan fingerprint density at radius 1 is 1.33 bits per heavy atom. The molecule has 1 amide bonds. The molecule has 1 fully saturated rings. The number of nitrogens with one attached hydrogen (secondary N) is 1. The van der Waals surface area contributed by atoms with Crippen LogP contribution in [0.2, 0.25) is 0 Å². The van der Waals surface area contributed by atoms with E-state index in [9.17, 15) is 9.59 Å². The second-order valence-electron chi connectivity index (χ2n) is 4.94. The van der Waals surface area contributed by atoms with E-state index in [1.807, 2.05) is 18.2 Å². The van der Waals surface area contributed by atoms with Crippen molar-refractivity contribution in [2.45, 2.75) is 25.5 Å². The molecule has 1 aliphatic rings. The van der Waals surface area contributed by atoms with Gasteiger partial charge in [-0.15, -0.1) is 0 Å². The summed E-state index contributed by atoms with van der Waals surface area (Å²) in [6, 6.07) is 5.44. The first kappa shape index (κ1) is 15.3. The molecule has 2 rings (SSSR count). The van der Waals surface area contributed by atoms with Crippen molar-refractivity contribution in [2.75, 3.05) is 13.7 Å². The quantitative estimate of drug-likeness (QED) is 0.783. The third-order valence-electron chi connectivity index (χ3n) is 2.98. The predicted molar refractivity (Wildman–Crippen MR) is 79.1 cm³/mol. The molecule has 0 spiro atoms. The topological polar surface area (TPSA) is 64.6 Å². The van der Waals surface area contributed by atoms with Crippen molar-refractivity contribution in [3.05, 3.63) is 41.0 Å². The van der Waals surface area contributed by atoms with E-state index in [0.717, 1.165) is 30.3 Å². The van der Waals surface area contributed by atoms with Crippen LogP contribution in [-0.2, 0) is 16.0 Å². The number of methoxy groups -OCH3 is 1. The van der Waals surface area contributed by atoms with E-state index in [2.05, 4.69) is 5.32 Å². The van der Waals surface area contributed by atoms with Crippen molar-refractivity contribution >= 4 is 18.5 Å². The van der Waals surface area contributed by atoms with Crippen LogP contribution in [0.1, 0.15) is 34.3 Å². The van der Waals surface area contributed by atoms with Gasteiger partial charge in [0, 0.05) is 19.2 Å². The van der Waals surface area contributed by atoms with Crippen molar-refractivity contribution in [3.8, 4) is 0 Å². The standard InChI is InChI=1S/C16H19NO4/c1-20-6-2-3-12-7-13(9-14(8-12)11-18)10-17-16(19)21-15-4-5-15/h2-3,7-9,11,15H,4-6,10H2,1H3,(H,17,19)/b3-2+. The Labute approximate surface area is 123 Å². The van der Waals surface area contributed by atoms with E-state index in [-0.39, 0.29) is 6.10 Å². The molecule has 21 heavy (non-hydrogen) atoms. The minimum absolute atomic E-state index is 0.0823. The molecule has 0 aliphatic heterocycles. The van der Waals surface area contributed by atoms with Crippen LogP contribution in [0.3, 0.4) is 0 Å². The molecule has 1 aromatic rings. The molecule has 0 bridgehead atoms. The third-order valence-corrected chi connectivity index (χ3v) is 2.98. The van der Waals surface area contributed by atoms with Gasteiger partial charge in [0.1, 0.15) is 12.4 Å². The van der Waals surface area contributed by atoms with E-state index in [4.69, 9.17) is 9.47 Å². The highest BCUT2D eigenvalue weighted by molar-refractivity contribution is 5.77. The van der Waals surface area contributed by atoms with Crippen LogP contribution >= 0.6 is 0 Å². The summed E-state index contributed by atoms with van der Waals surface area (Å²) in [5, 5.41) is 2.69. The molecule has 5 nitrogen and oxygen atoms in total. The van der Waals surface area contributed by atoms with E-state index >= 15 is 0 Å². The molecular weight excluding hydrogens is 270 g/mol. The van der Waals surface area contributed by atoms with Crippen LogP contribution in [0.15, 0.2) is 24.3 Å². The molecule has 1 N–H and O–H groups in total. The fourth-order valence-corrected chi connectivity index (χ4v) is 1.85. The SMILES string of the molecule is COC/C=C/c1cc(C=O)cc(CNC(=O)OC2CC2)c1. The molecule has 0 atom stereocenters. The molecule has 0 radical (unpaired) electrons. The van der Waals surface area contributed by atoms with Gasteiger partial charge in [0.25, 0.3) is 0 Å². The van der Waals surface area contributed by atoms with E-state index in [0.29, 0.717) is 18.7 Å². The lowest BCUT2D eigenvalue weighted by molar-refractivity contribution is 0.112. The van der Waals surface area contributed by atoms with Crippen molar-refractivity contribution in [3.63, 3.8) is 0 Å². The van der Waals surface area contributed by atoms with Gasteiger partial charge in [-0.05, 0) is 42.2 Å². The number of alkyl carbamates (subject to hydrolysis) is 1. The van der Waals surface area contributed by atoms with Gasteiger partial charge < -0.3 is 14.8 Å². The summed E-state index contributed by atoms with van der Waals surface area (Å²) in [6.07, 6.45) is 6.10. The van der Waals surface area contributed by atoms with Crippen LogP contribution in [0.4, 0.5) is 4.79 Å². The zero-order valence-corrected chi connectivity index (χ0v) is 12.0. The molecule has 0 aromatic heterocycles. The molecule has 0 saturated heterocycles. The Kier molecular flexibility index (Phi) is 5.51. The van der Waals surface area contributed by atoms with Gasteiger partial charge >= 0.3 is 6.09 Å². The van der Waals surface area contributed by atoms with E-state index in [1.54, 1.807) is 19.2 Å². The van der Waals surface area contributed by atoms with Gasteiger partial charge in [0.05, 0.1) is 6.61 Å². The second-order valence-corrected chi connectivity index (χ2v) is 4.94. The number of hydrogen-bond donors (Lipinski definition) is 1. The smallest absolute Gasteiger partial charge is 0.407 e. The van der Waals surface area contributed by atoms with Crippen LogP contribution < -0.4 is 5.32 Å². The van der Waals surface area contributed by atoms with Crippen molar-refractivity contribution < 1.29 is 19.1 Å². The van der Waals surface area contributed by atoms with Crippen LogP contribution in [0.25, 0.3) is 6.08 Å². The highest BCUT2D eigenvalue weighted by atomic mass is 16.6. The number of ether oxygens (including phenoxy) is 2. The number of hydrogen-bond acceptors (Lipinski definition) is 4. The monoisotopic (exact) mass is 289 g/mol. The highest BCUT2D eigenvalue weighted by Gasteiger charge is 2.25. The zero-order valence-electron chi connectivity index (χ0n) is 12.0. The van der Waals surface area contributed by atoms with Crippen LogP contribution in [-0.4, -0.2) is 32.2 Å². The van der Waals surface area contributed by atoms with Crippen molar-refractivity contribution in [1.82, 2.24) is 5.32 Å². The molecule has 0 heterocycles. The lowest BCUT2D eigenvalue weighted by Gasteiger charge is -2.07. The predicted octanol–water partition coefficient (Wildman–Crippen LogP) is 2.55. The maximum atomic E-state index is 11.5. The summed E-state index contributed by atoms with van der Waals surface area (Å²) < 4.78 is 10.0. The summed E-state index contributed by atoms with van der Waals surface area (Å²) in [6.45, 7) is 0.838. The first-order valence-corrected chi connectivity index (χ1v) is 6.90. The lowest BCUT2D eigenvalue weighted by Crippen LogP contribution is -2.24. The molecule has 1 aromatic carbocycles. The van der Waals surface area contributed by atoms with Gasteiger partial charge in [0.15, 0.2) is 0 Å². The molecular formula is C16H19NO4. The van der Waals surface area contributed by atoms with Gasteiger partial charge in [0.2, 0.25) is 0 Å². The number of benzene rings is 1. The number of carbonyl (C=O) groups excluding carboxylic acids is 2. The summed E-state index contributed by atoms with van der Waals surface area (Å²) in [4.78, 5) is 22.5. The largest absolute Gasteiger partial charge is 0.446 e. The first-order chi connectivity index (χ1) is 10.2. The molecule has 1 saturated carbocycles. The van der Waals surface area contributed by atoms with Crippen molar-refractivity contribution in [1.29, 1.82) is 0 Å². The second kappa shape index (κ2) is 7.59. The minimum Gasteiger partial charge on any atom is -0.446 e. The Morgan fingerprint density at radius 3 is 2.76 bits per heavy atom. The summed E-state index contributed by atoms with van der Waals surface area (Å²) in [5.41, 5.74) is 2.32. The summed E-state index contributed by atoms with van der Waals surface area (Å²) in [7, 11) is 1.62. The molecule has 5 heteroatoms. The normalized spacial score (nSPS) is 14.1. The maximum Gasteiger partial charge on any atom is 0.407 e. The first-order valence-electron chi connectivity index (χ1n) is 6.90. The summed E-state index contributed by atoms with van der Waals surface area (Å²) >= 11 is 0. The lowest BCUT2D eigenvalue weighted by atomic mass is 10.1. The Balaban J connectivity index is 1.97. The number of carbonyl (C=O) groups is 2. The van der Waals surface area contributed by atoms with E-state index < -0.39 is 6.09 Å². The van der Waals surface area contributed by atoms with Gasteiger partial charge in [-0.2, -0.15) is 0 Å². The molecule has 1 aliphatic carbocycles. The molecule has 0 unspecified atom stereocenters. The fourth-order valence-electron chi connectivity index (χ4n) is 1.85. The Morgan fingerprint density at radius 2 is 2.10 bits per heavy atom. The fraction of sp³-hybridized carbons (Fsp3) is 0.375.